The predicted molar refractivity (Wildman–Crippen MR) is 82.8 cm³/mol. The molecule has 7 heteroatoms. The first-order valence-electron chi connectivity index (χ1n) is 6.31. The molecule has 1 heterocycles. The standard InChI is InChI=1S/C13H18N2O3S2/c1-18-12-8-10(2-3-11(12)13(14)19)9-15-4-6-20(16,17)7-5-15/h2-3,8H,4-7,9H2,1H3,(H2,14,19). The summed E-state index contributed by atoms with van der Waals surface area (Å²) in [7, 11) is -1.26. The van der Waals surface area contributed by atoms with E-state index in [2.05, 4.69) is 4.90 Å². The van der Waals surface area contributed by atoms with E-state index in [0.717, 1.165) is 5.56 Å². The summed E-state index contributed by atoms with van der Waals surface area (Å²) < 4.78 is 28.1. The van der Waals surface area contributed by atoms with Crippen molar-refractivity contribution in [2.45, 2.75) is 6.54 Å². The summed E-state index contributed by atoms with van der Waals surface area (Å²) in [6.07, 6.45) is 0. The zero-order valence-corrected chi connectivity index (χ0v) is 13.0. The number of hydrogen-bond acceptors (Lipinski definition) is 5. The number of rotatable bonds is 4. The van der Waals surface area contributed by atoms with Gasteiger partial charge in [-0.25, -0.2) is 8.42 Å². The first-order chi connectivity index (χ1) is 9.41. The van der Waals surface area contributed by atoms with Crippen molar-refractivity contribution in [3.05, 3.63) is 29.3 Å². The lowest BCUT2D eigenvalue weighted by molar-refractivity contribution is 0.287. The highest BCUT2D eigenvalue weighted by Gasteiger charge is 2.21. The van der Waals surface area contributed by atoms with E-state index in [1.807, 2.05) is 18.2 Å². The van der Waals surface area contributed by atoms with Gasteiger partial charge in [0, 0.05) is 19.6 Å². The van der Waals surface area contributed by atoms with Crippen LogP contribution in [-0.4, -0.2) is 50.0 Å². The fourth-order valence-electron chi connectivity index (χ4n) is 2.20. The minimum atomic E-state index is -2.84. The van der Waals surface area contributed by atoms with Crippen LogP contribution < -0.4 is 10.5 Å². The second-order valence-electron chi connectivity index (χ2n) is 4.83. The molecule has 0 radical (unpaired) electrons. The lowest BCUT2D eigenvalue weighted by atomic mass is 10.1. The number of hydrogen-bond donors (Lipinski definition) is 1. The zero-order chi connectivity index (χ0) is 14.8. The van der Waals surface area contributed by atoms with Crippen molar-refractivity contribution in [1.82, 2.24) is 4.90 Å². The van der Waals surface area contributed by atoms with Crippen molar-refractivity contribution in [3.63, 3.8) is 0 Å². The molecule has 2 N–H and O–H groups in total. The molecule has 0 spiro atoms. The Kier molecular flexibility index (Phi) is 4.62. The van der Waals surface area contributed by atoms with Crippen LogP contribution in [0.5, 0.6) is 5.75 Å². The van der Waals surface area contributed by atoms with Gasteiger partial charge in [0.2, 0.25) is 0 Å². The molecule has 0 aliphatic carbocycles. The van der Waals surface area contributed by atoms with Crippen LogP contribution >= 0.6 is 12.2 Å². The van der Waals surface area contributed by atoms with Crippen LogP contribution in [0.15, 0.2) is 18.2 Å². The zero-order valence-electron chi connectivity index (χ0n) is 11.3. The Labute approximate surface area is 124 Å². The Morgan fingerprint density at radius 2 is 2.05 bits per heavy atom. The third-order valence-corrected chi connectivity index (χ3v) is 5.20. The van der Waals surface area contributed by atoms with Crippen LogP contribution in [0.2, 0.25) is 0 Å². The van der Waals surface area contributed by atoms with Gasteiger partial charge in [-0.3, -0.25) is 4.90 Å². The van der Waals surface area contributed by atoms with Crippen LogP contribution in [0.1, 0.15) is 11.1 Å². The van der Waals surface area contributed by atoms with Gasteiger partial charge in [-0.2, -0.15) is 0 Å². The monoisotopic (exact) mass is 314 g/mol. The lowest BCUT2D eigenvalue weighted by Gasteiger charge is -2.26. The molecule has 5 nitrogen and oxygen atoms in total. The normalized spacial score (nSPS) is 18.6. The molecular weight excluding hydrogens is 296 g/mol. The van der Waals surface area contributed by atoms with Crippen LogP contribution in [0.4, 0.5) is 0 Å². The van der Waals surface area contributed by atoms with E-state index in [9.17, 15) is 8.42 Å². The molecule has 20 heavy (non-hydrogen) atoms. The molecule has 0 bridgehead atoms. The van der Waals surface area contributed by atoms with E-state index in [4.69, 9.17) is 22.7 Å². The average molecular weight is 314 g/mol. The first-order valence-corrected chi connectivity index (χ1v) is 8.54. The fraction of sp³-hybridized carbons (Fsp3) is 0.462. The van der Waals surface area contributed by atoms with Gasteiger partial charge in [0.1, 0.15) is 10.7 Å². The van der Waals surface area contributed by atoms with Crippen molar-refractivity contribution in [3.8, 4) is 5.75 Å². The molecule has 0 unspecified atom stereocenters. The summed E-state index contributed by atoms with van der Waals surface area (Å²) in [6, 6.07) is 5.69. The van der Waals surface area contributed by atoms with E-state index in [1.54, 1.807) is 7.11 Å². The highest BCUT2D eigenvalue weighted by atomic mass is 32.2. The van der Waals surface area contributed by atoms with E-state index in [1.165, 1.54) is 0 Å². The van der Waals surface area contributed by atoms with Crippen molar-refractivity contribution in [2.75, 3.05) is 31.7 Å². The SMILES string of the molecule is COc1cc(CN2CCS(=O)(=O)CC2)ccc1C(N)=S. The summed E-state index contributed by atoms with van der Waals surface area (Å²) in [5, 5.41) is 0. The van der Waals surface area contributed by atoms with Gasteiger partial charge in [0.05, 0.1) is 24.2 Å². The molecule has 0 amide bonds. The molecular formula is C13H18N2O3S2. The van der Waals surface area contributed by atoms with Gasteiger partial charge in [0.15, 0.2) is 9.84 Å². The predicted octanol–water partition coefficient (Wildman–Crippen LogP) is 0.560. The Balaban J connectivity index is 2.09. The number of sulfone groups is 1. The van der Waals surface area contributed by atoms with Gasteiger partial charge in [-0.05, 0) is 17.7 Å². The van der Waals surface area contributed by atoms with Crippen LogP contribution in [0, 0.1) is 0 Å². The fourth-order valence-corrected chi connectivity index (χ4v) is 3.65. The van der Waals surface area contributed by atoms with E-state index < -0.39 is 9.84 Å². The highest BCUT2D eigenvalue weighted by molar-refractivity contribution is 7.91. The Morgan fingerprint density at radius 3 is 2.60 bits per heavy atom. The maximum absolute atomic E-state index is 11.4. The molecule has 0 atom stereocenters. The van der Waals surface area contributed by atoms with E-state index in [-0.39, 0.29) is 11.5 Å². The number of benzene rings is 1. The van der Waals surface area contributed by atoms with Crippen LogP contribution in [-0.2, 0) is 16.4 Å². The second kappa shape index (κ2) is 6.07. The maximum Gasteiger partial charge on any atom is 0.152 e. The Morgan fingerprint density at radius 1 is 1.40 bits per heavy atom. The molecule has 1 aromatic rings. The topological polar surface area (TPSA) is 72.6 Å². The molecule has 0 saturated carbocycles. The van der Waals surface area contributed by atoms with Crippen LogP contribution in [0.3, 0.4) is 0 Å². The quantitative estimate of drug-likeness (QED) is 0.819. The first kappa shape index (κ1) is 15.2. The maximum atomic E-state index is 11.4. The van der Waals surface area contributed by atoms with Crippen molar-refractivity contribution in [1.29, 1.82) is 0 Å². The summed E-state index contributed by atoms with van der Waals surface area (Å²) in [6.45, 7) is 1.84. The Hall–Kier alpha value is -1.18. The number of methoxy groups -OCH3 is 1. The second-order valence-corrected chi connectivity index (χ2v) is 7.57. The van der Waals surface area contributed by atoms with Gasteiger partial charge >= 0.3 is 0 Å². The summed E-state index contributed by atoms with van der Waals surface area (Å²) in [4.78, 5) is 2.42. The molecule has 1 fully saturated rings. The van der Waals surface area contributed by atoms with Crippen LogP contribution in [0.25, 0.3) is 0 Å². The Bertz CT molecular complexity index is 600. The highest BCUT2D eigenvalue weighted by Crippen LogP contribution is 2.21. The van der Waals surface area contributed by atoms with E-state index in [0.29, 0.717) is 35.9 Å². The smallest absolute Gasteiger partial charge is 0.152 e. The number of thiocarbonyl (C=S) groups is 1. The van der Waals surface area contributed by atoms with Gasteiger partial charge in [-0.15, -0.1) is 0 Å². The third-order valence-electron chi connectivity index (χ3n) is 3.37. The molecule has 0 aromatic heterocycles. The number of nitrogens with zero attached hydrogens (tertiary/aromatic N) is 1. The average Bonchev–Trinajstić information content (AvgIpc) is 2.40. The lowest BCUT2D eigenvalue weighted by Crippen LogP contribution is -2.39. The van der Waals surface area contributed by atoms with E-state index >= 15 is 0 Å². The van der Waals surface area contributed by atoms with Gasteiger partial charge in [-0.1, -0.05) is 18.3 Å². The molecule has 110 valence electrons. The minimum absolute atomic E-state index is 0.231. The molecule has 1 saturated heterocycles. The van der Waals surface area contributed by atoms with Gasteiger partial charge < -0.3 is 10.5 Å². The number of nitrogens with two attached hydrogens (primary N) is 1. The molecule has 1 aliphatic rings. The molecule has 1 aromatic carbocycles. The third kappa shape index (κ3) is 3.68. The van der Waals surface area contributed by atoms with Gasteiger partial charge in [0.25, 0.3) is 0 Å². The summed E-state index contributed by atoms with van der Waals surface area (Å²) >= 11 is 4.97. The number of ether oxygens (including phenoxy) is 1. The summed E-state index contributed by atoms with van der Waals surface area (Å²) in [5.74, 6) is 1.11. The summed E-state index contributed by atoms with van der Waals surface area (Å²) in [5.41, 5.74) is 7.40. The molecule has 1 aliphatic heterocycles. The van der Waals surface area contributed by atoms with Crippen molar-refractivity contribution >= 4 is 27.0 Å². The van der Waals surface area contributed by atoms with Crippen molar-refractivity contribution < 1.29 is 13.2 Å². The molecule has 2 rings (SSSR count). The minimum Gasteiger partial charge on any atom is -0.496 e. The largest absolute Gasteiger partial charge is 0.496 e. The van der Waals surface area contributed by atoms with Crippen molar-refractivity contribution in [2.24, 2.45) is 5.73 Å².